The number of rotatable bonds is 8. The molecule has 1 aliphatic heterocycles. The van der Waals surface area contributed by atoms with Crippen LogP contribution in [0.4, 0.5) is 0 Å². The predicted octanol–water partition coefficient (Wildman–Crippen LogP) is 3.09. The van der Waals surface area contributed by atoms with E-state index in [0.29, 0.717) is 36.6 Å². The van der Waals surface area contributed by atoms with Gasteiger partial charge in [-0.2, -0.15) is 0 Å². The van der Waals surface area contributed by atoms with Crippen molar-refractivity contribution in [1.29, 1.82) is 0 Å². The van der Waals surface area contributed by atoms with Crippen LogP contribution in [0.15, 0.2) is 61.2 Å². The fraction of sp³-hybridized carbons (Fsp3) is 0.318. The number of hydrogen-bond donors (Lipinski definition) is 0. The lowest BCUT2D eigenvalue weighted by Gasteiger charge is -2.28. The number of carbonyl (C=O) groups is 1. The second-order valence-electron chi connectivity index (χ2n) is 6.97. The van der Waals surface area contributed by atoms with Crippen molar-refractivity contribution in [2.45, 2.75) is 19.0 Å². The summed E-state index contributed by atoms with van der Waals surface area (Å²) < 4.78 is 34.8. The smallest absolute Gasteiger partial charge is 0.254 e. The maximum Gasteiger partial charge on any atom is 0.254 e. The number of hydrogen-bond acceptors (Lipinski definition) is 5. The van der Waals surface area contributed by atoms with E-state index in [1.165, 1.54) is 0 Å². The van der Waals surface area contributed by atoms with Gasteiger partial charge in [0.2, 0.25) is 0 Å². The van der Waals surface area contributed by atoms with Gasteiger partial charge in [0.25, 0.3) is 5.91 Å². The van der Waals surface area contributed by atoms with Crippen molar-refractivity contribution in [3.05, 3.63) is 72.3 Å². The number of sulfone groups is 1. The molecule has 2 aromatic carbocycles. The molecule has 0 radical (unpaired) electrons. The summed E-state index contributed by atoms with van der Waals surface area (Å²) in [6.45, 7) is 4.30. The van der Waals surface area contributed by atoms with Gasteiger partial charge in [-0.15, -0.1) is 0 Å². The largest absolute Gasteiger partial charge is 0.497 e. The SMILES string of the molecule is C=CCOc1ccc(C(=O)N(Cc2cccc(OC)c2)[C@H]2CCS(=O)(=O)C2)cc1. The maximum atomic E-state index is 13.3. The van der Waals surface area contributed by atoms with Gasteiger partial charge in [-0.25, -0.2) is 8.42 Å². The van der Waals surface area contributed by atoms with Crippen molar-refractivity contribution in [2.24, 2.45) is 0 Å². The van der Waals surface area contributed by atoms with Crippen molar-refractivity contribution >= 4 is 15.7 Å². The number of benzene rings is 2. The highest BCUT2D eigenvalue weighted by Crippen LogP contribution is 2.24. The lowest BCUT2D eigenvalue weighted by Crippen LogP contribution is -2.40. The minimum atomic E-state index is -3.13. The van der Waals surface area contributed by atoms with E-state index in [1.807, 2.05) is 24.3 Å². The highest BCUT2D eigenvalue weighted by atomic mass is 32.2. The third kappa shape index (κ3) is 5.38. The molecular formula is C22H25NO5S. The fourth-order valence-corrected chi connectivity index (χ4v) is 5.10. The molecule has 0 saturated carbocycles. The van der Waals surface area contributed by atoms with Crippen molar-refractivity contribution in [3.63, 3.8) is 0 Å². The molecule has 2 aromatic rings. The molecule has 0 N–H and O–H groups in total. The van der Waals surface area contributed by atoms with E-state index in [2.05, 4.69) is 6.58 Å². The van der Waals surface area contributed by atoms with E-state index >= 15 is 0 Å². The summed E-state index contributed by atoms with van der Waals surface area (Å²) in [4.78, 5) is 14.9. The Hall–Kier alpha value is -2.80. The third-order valence-electron chi connectivity index (χ3n) is 4.87. The second-order valence-corrected chi connectivity index (χ2v) is 9.19. The number of ether oxygens (including phenoxy) is 2. The van der Waals surface area contributed by atoms with Crippen LogP contribution in [-0.2, 0) is 16.4 Å². The number of nitrogens with zero attached hydrogens (tertiary/aromatic N) is 1. The van der Waals surface area contributed by atoms with Gasteiger partial charge in [0.05, 0.1) is 18.6 Å². The molecule has 0 spiro atoms. The summed E-state index contributed by atoms with van der Waals surface area (Å²) in [5, 5.41) is 0. The molecule has 1 heterocycles. The lowest BCUT2D eigenvalue weighted by molar-refractivity contribution is 0.0680. The van der Waals surface area contributed by atoms with E-state index in [0.717, 1.165) is 5.56 Å². The zero-order chi connectivity index (χ0) is 20.9. The van der Waals surface area contributed by atoms with Gasteiger partial charge in [0, 0.05) is 18.2 Å². The van der Waals surface area contributed by atoms with Gasteiger partial charge in [0.1, 0.15) is 18.1 Å². The van der Waals surface area contributed by atoms with Crippen LogP contribution in [0, 0.1) is 0 Å². The van der Waals surface area contributed by atoms with Crippen molar-refractivity contribution < 1.29 is 22.7 Å². The van der Waals surface area contributed by atoms with E-state index in [4.69, 9.17) is 9.47 Å². The second kappa shape index (κ2) is 9.13. The average molecular weight is 416 g/mol. The Morgan fingerprint density at radius 2 is 1.97 bits per heavy atom. The molecule has 7 heteroatoms. The monoisotopic (exact) mass is 415 g/mol. The first-order valence-electron chi connectivity index (χ1n) is 9.40. The molecule has 1 atom stereocenters. The maximum absolute atomic E-state index is 13.3. The molecule has 3 rings (SSSR count). The Labute approximate surface area is 171 Å². The molecule has 1 aliphatic rings. The molecule has 1 saturated heterocycles. The van der Waals surface area contributed by atoms with Crippen molar-refractivity contribution in [2.75, 3.05) is 25.2 Å². The predicted molar refractivity (Wildman–Crippen MR) is 112 cm³/mol. The molecule has 0 bridgehead atoms. The zero-order valence-electron chi connectivity index (χ0n) is 16.4. The third-order valence-corrected chi connectivity index (χ3v) is 6.62. The first kappa shape index (κ1) is 20.9. The molecule has 1 fully saturated rings. The van der Waals surface area contributed by atoms with Crippen LogP contribution in [0.5, 0.6) is 11.5 Å². The van der Waals surface area contributed by atoms with Gasteiger partial charge in [-0.3, -0.25) is 4.79 Å². The van der Waals surface area contributed by atoms with Crippen LogP contribution in [0.3, 0.4) is 0 Å². The number of amides is 1. The number of carbonyl (C=O) groups excluding carboxylic acids is 1. The Morgan fingerprint density at radius 3 is 2.59 bits per heavy atom. The van der Waals surface area contributed by atoms with Crippen LogP contribution >= 0.6 is 0 Å². The highest BCUT2D eigenvalue weighted by molar-refractivity contribution is 7.91. The molecule has 0 aromatic heterocycles. The molecule has 29 heavy (non-hydrogen) atoms. The van der Waals surface area contributed by atoms with E-state index < -0.39 is 9.84 Å². The Bertz CT molecular complexity index is 969. The Balaban J connectivity index is 1.85. The van der Waals surface area contributed by atoms with Gasteiger partial charge in [0.15, 0.2) is 9.84 Å². The minimum absolute atomic E-state index is 0.0107. The Morgan fingerprint density at radius 1 is 1.21 bits per heavy atom. The fourth-order valence-electron chi connectivity index (χ4n) is 3.37. The molecule has 6 nitrogen and oxygen atoms in total. The highest BCUT2D eigenvalue weighted by Gasteiger charge is 2.35. The van der Waals surface area contributed by atoms with E-state index in [1.54, 1.807) is 42.4 Å². The summed E-state index contributed by atoms with van der Waals surface area (Å²) in [7, 11) is -1.54. The summed E-state index contributed by atoms with van der Waals surface area (Å²) in [5.74, 6) is 1.23. The Kier molecular flexibility index (Phi) is 6.59. The molecule has 154 valence electrons. The van der Waals surface area contributed by atoms with Crippen LogP contribution in [0.2, 0.25) is 0 Å². The van der Waals surface area contributed by atoms with Crippen LogP contribution in [0.25, 0.3) is 0 Å². The molecular weight excluding hydrogens is 390 g/mol. The van der Waals surface area contributed by atoms with Gasteiger partial charge in [-0.1, -0.05) is 24.8 Å². The standard InChI is InChI=1S/C22H25NO5S/c1-3-12-28-20-9-7-18(8-10-20)22(24)23(19-11-13-29(25,26)16-19)15-17-5-4-6-21(14-17)27-2/h3-10,14,19H,1,11-13,15-16H2,2H3/t19-/m0/s1. The van der Waals surface area contributed by atoms with Crippen LogP contribution in [0.1, 0.15) is 22.3 Å². The summed E-state index contributed by atoms with van der Waals surface area (Å²) in [5.41, 5.74) is 1.37. The van der Waals surface area contributed by atoms with Crippen molar-refractivity contribution in [3.8, 4) is 11.5 Å². The van der Waals surface area contributed by atoms with Crippen molar-refractivity contribution in [1.82, 2.24) is 4.90 Å². The minimum Gasteiger partial charge on any atom is -0.497 e. The molecule has 0 aliphatic carbocycles. The zero-order valence-corrected chi connectivity index (χ0v) is 17.2. The average Bonchev–Trinajstić information content (AvgIpc) is 3.10. The molecule has 0 unspecified atom stereocenters. The topological polar surface area (TPSA) is 72.9 Å². The van der Waals surface area contributed by atoms with Gasteiger partial charge in [-0.05, 0) is 48.4 Å². The van der Waals surface area contributed by atoms with Crippen LogP contribution in [-0.4, -0.2) is 50.5 Å². The van der Waals surface area contributed by atoms with Gasteiger partial charge >= 0.3 is 0 Å². The van der Waals surface area contributed by atoms with E-state index in [9.17, 15) is 13.2 Å². The van der Waals surface area contributed by atoms with Gasteiger partial charge < -0.3 is 14.4 Å². The molecule has 1 amide bonds. The normalized spacial score (nSPS) is 17.5. The first-order chi connectivity index (χ1) is 13.9. The summed E-state index contributed by atoms with van der Waals surface area (Å²) in [6, 6.07) is 13.9. The van der Waals surface area contributed by atoms with E-state index in [-0.39, 0.29) is 23.5 Å². The summed E-state index contributed by atoms with van der Waals surface area (Å²) in [6.07, 6.45) is 2.09. The number of methoxy groups -OCH3 is 1. The lowest BCUT2D eigenvalue weighted by atomic mass is 10.1. The quantitative estimate of drug-likeness (QED) is 0.620. The summed E-state index contributed by atoms with van der Waals surface area (Å²) >= 11 is 0. The van der Waals surface area contributed by atoms with Crippen LogP contribution < -0.4 is 9.47 Å². The first-order valence-corrected chi connectivity index (χ1v) is 11.2.